The van der Waals surface area contributed by atoms with Gasteiger partial charge in [-0.3, -0.25) is 14.4 Å². The number of hydrogen-bond acceptors (Lipinski definition) is 6. The largest absolute Gasteiger partial charge is 0.480 e. The molecular formula is C22H38N4O7. The topological polar surface area (TPSA) is 154 Å². The molecule has 0 radical (unpaired) electrons. The van der Waals surface area contributed by atoms with Gasteiger partial charge in [0.1, 0.15) is 23.7 Å². The van der Waals surface area contributed by atoms with Crippen LogP contribution in [-0.4, -0.2) is 76.6 Å². The Hall–Kier alpha value is -2.85. The minimum absolute atomic E-state index is 0.246. The molecule has 1 aliphatic rings. The average molecular weight is 471 g/mol. The fourth-order valence-electron chi connectivity index (χ4n) is 3.45. The highest BCUT2D eigenvalue weighted by Crippen LogP contribution is 2.21. The lowest BCUT2D eigenvalue weighted by Gasteiger charge is -2.31. The maximum atomic E-state index is 13.2. The number of ether oxygens (including phenoxy) is 1. The van der Waals surface area contributed by atoms with Gasteiger partial charge in [0.15, 0.2) is 0 Å². The molecule has 4 N–H and O–H groups in total. The molecule has 0 aromatic carbocycles. The van der Waals surface area contributed by atoms with Gasteiger partial charge in [-0.15, -0.1) is 0 Å². The van der Waals surface area contributed by atoms with Crippen molar-refractivity contribution in [3.05, 3.63) is 0 Å². The molecule has 3 atom stereocenters. The molecule has 11 heteroatoms. The smallest absolute Gasteiger partial charge is 0.408 e. The lowest BCUT2D eigenvalue weighted by molar-refractivity contribution is -0.143. The number of likely N-dealkylation sites (tertiary alicyclic amines) is 1. The van der Waals surface area contributed by atoms with Crippen LogP contribution in [0.4, 0.5) is 4.79 Å². The molecule has 0 aliphatic carbocycles. The Morgan fingerprint density at radius 1 is 1.00 bits per heavy atom. The monoisotopic (exact) mass is 470 g/mol. The number of hydrogen-bond donors (Lipinski definition) is 4. The molecule has 0 unspecified atom stereocenters. The van der Waals surface area contributed by atoms with Crippen molar-refractivity contribution in [3.8, 4) is 0 Å². The summed E-state index contributed by atoms with van der Waals surface area (Å²) >= 11 is 0. The lowest BCUT2D eigenvalue weighted by Crippen LogP contribution is -2.56. The van der Waals surface area contributed by atoms with E-state index in [-0.39, 0.29) is 11.8 Å². The molecule has 11 nitrogen and oxygen atoms in total. The van der Waals surface area contributed by atoms with E-state index >= 15 is 0 Å². The second-order valence-corrected chi connectivity index (χ2v) is 9.90. The van der Waals surface area contributed by atoms with Gasteiger partial charge in [0.2, 0.25) is 17.7 Å². The summed E-state index contributed by atoms with van der Waals surface area (Å²) in [5.41, 5.74) is -0.722. The molecule has 0 bridgehead atoms. The normalized spacial score (nSPS) is 18.0. The van der Waals surface area contributed by atoms with Crippen molar-refractivity contribution in [2.24, 2.45) is 11.8 Å². The highest BCUT2D eigenvalue weighted by atomic mass is 16.6. The Kier molecular flexibility index (Phi) is 10.1. The van der Waals surface area contributed by atoms with E-state index in [0.717, 1.165) is 0 Å². The van der Waals surface area contributed by atoms with Gasteiger partial charge >= 0.3 is 12.1 Å². The molecule has 0 aromatic heterocycles. The maximum Gasteiger partial charge on any atom is 0.408 e. The number of carboxylic acids is 1. The summed E-state index contributed by atoms with van der Waals surface area (Å²) in [5, 5.41) is 16.6. The van der Waals surface area contributed by atoms with Gasteiger partial charge in [0.25, 0.3) is 0 Å². The zero-order valence-electron chi connectivity index (χ0n) is 20.6. The van der Waals surface area contributed by atoms with Gasteiger partial charge in [-0.1, -0.05) is 27.7 Å². The molecule has 0 saturated carbocycles. The second-order valence-electron chi connectivity index (χ2n) is 9.90. The number of carboxylic acid groups (broad SMARTS) is 1. The molecule has 1 fully saturated rings. The summed E-state index contributed by atoms with van der Waals surface area (Å²) in [7, 11) is 0. The Labute approximate surface area is 195 Å². The van der Waals surface area contributed by atoms with Crippen molar-refractivity contribution in [1.29, 1.82) is 0 Å². The molecule has 1 heterocycles. The number of amides is 4. The number of rotatable bonds is 9. The number of alkyl carbamates (subject to hydrolysis) is 1. The van der Waals surface area contributed by atoms with Crippen LogP contribution in [-0.2, 0) is 23.9 Å². The lowest BCUT2D eigenvalue weighted by atomic mass is 10.0. The number of nitrogens with one attached hydrogen (secondary N) is 3. The van der Waals surface area contributed by atoms with E-state index in [1.807, 2.05) is 0 Å². The predicted octanol–water partition coefficient (Wildman–Crippen LogP) is 0.868. The van der Waals surface area contributed by atoms with Crippen LogP contribution >= 0.6 is 0 Å². The minimum Gasteiger partial charge on any atom is -0.480 e. The molecular weight excluding hydrogens is 432 g/mol. The molecule has 188 valence electrons. The highest BCUT2D eigenvalue weighted by Gasteiger charge is 2.39. The summed E-state index contributed by atoms with van der Waals surface area (Å²) in [6.45, 7) is 12.0. The summed E-state index contributed by atoms with van der Waals surface area (Å²) in [6.07, 6.45) is 0.298. The van der Waals surface area contributed by atoms with Crippen LogP contribution in [0.2, 0.25) is 0 Å². The molecule has 0 spiro atoms. The summed E-state index contributed by atoms with van der Waals surface area (Å²) in [4.78, 5) is 62.8. The third-order valence-electron chi connectivity index (χ3n) is 5.12. The first kappa shape index (κ1) is 28.2. The quantitative estimate of drug-likeness (QED) is 0.390. The fraction of sp³-hybridized carbons (Fsp3) is 0.773. The molecule has 33 heavy (non-hydrogen) atoms. The van der Waals surface area contributed by atoms with Crippen LogP contribution in [0.1, 0.15) is 61.3 Å². The summed E-state index contributed by atoms with van der Waals surface area (Å²) < 4.78 is 5.25. The van der Waals surface area contributed by atoms with Crippen molar-refractivity contribution >= 4 is 29.8 Å². The first-order chi connectivity index (χ1) is 15.1. The third-order valence-corrected chi connectivity index (χ3v) is 5.12. The van der Waals surface area contributed by atoms with Gasteiger partial charge in [0.05, 0.1) is 6.54 Å². The van der Waals surface area contributed by atoms with Gasteiger partial charge in [0, 0.05) is 6.54 Å². The van der Waals surface area contributed by atoms with E-state index in [1.165, 1.54) is 4.90 Å². The highest BCUT2D eigenvalue weighted by molar-refractivity contribution is 5.94. The first-order valence-corrected chi connectivity index (χ1v) is 11.2. The molecule has 1 saturated heterocycles. The predicted molar refractivity (Wildman–Crippen MR) is 120 cm³/mol. The van der Waals surface area contributed by atoms with Gasteiger partial charge < -0.3 is 30.7 Å². The Morgan fingerprint density at radius 2 is 1.58 bits per heavy atom. The van der Waals surface area contributed by atoms with Crippen molar-refractivity contribution < 1.29 is 33.8 Å². The van der Waals surface area contributed by atoms with E-state index in [2.05, 4.69) is 16.0 Å². The molecule has 1 aliphatic heterocycles. The van der Waals surface area contributed by atoms with E-state index < -0.39 is 60.1 Å². The number of aliphatic carboxylic acids is 1. The van der Waals surface area contributed by atoms with E-state index in [9.17, 15) is 29.1 Å². The summed E-state index contributed by atoms with van der Waals surface area (Å²) in [5.74, 6) is -3.27. The summed E-state index contributed by atoms with van der Waals surface area (Å²) in [6, 6.07) is -2.73. The average Bonchev–Trinajstić information content (AvgIpc) is 3.15. The number of carbonyl (C=O) groups excluding carboxylic acids is 4. The van der Waals surface area contributed by atoms with Crippen molar-refractivity contribution in [2.45, 2.75) is 85.0 Å². The zero-order valence-corrected chi connectivity index (χ0v) is 20.6. The second kappa shape index (κ2) is 11.9. The van der Waals surface area contributed by atoms with Crippen molar-refractivity contribution in [1.82, 2.24) is 20.9 Å². The number of carbonyl (C=O) groups is 5. The van der Waals surface area contributed by atoms with Crippen LogP contribution in [0.25, 0.3) is 0 Å². The molecule has 1 rings (SSSR count). The van der Waals surface area contributed by atoms with E-state index in [4.69, 9.17) is 4.74 Å². The van der Waals surface area contributed by atoms with Gasteiger partial charge in [-0.05, 0) is 45.4 Å². The van der Waals surface area contributed by atoms with Crippen LogP contribution < -0.4 is 16.0 Å². The standard InChI is InChI=1S/C22H38N4O7/c1-12(2)16(25-21(32)33-22(5,6)7)19(29)26-10-8-9-14(26)18(28)23-11-15(27)24-17(13(3)4)20(30)31/h12-14,16-17H,8-11H2,1-7H3,(H,23,28)(H,24,27)(H,25,32)(H,30,31)/t14-,16-,17-/m0/s1. The van der Waals surface area contributed by atoms with Crippen molar-refractivity contribution in [3.63, 3.8) is 0 Å². The van der Waals surface area contributed by atoms with Gasteiger partial charge in [-0.2, -0.15) is 0 Å². The fourth-order valence-corrected chi connectivity index (χ4v) is 3.45. The van der Waals surface area contributed by atoms with Crippen LogP contribution in [0, 0.1) is 11.8 Å². The maximum absolute atomic E-state index is 13.2. The zero-order chi connectivity index (χ0) is 25.5. The van der Waals surface area contributed by atoms with Crippen molar-refractivity contribution in [2.75, 3.05) is 13.1 Å². The van der Waals surface area contributed by atoms with Gasteiger partial charge in [-0.25, -0.2) is 9.59 Å². The molecule has 4 amide bonds. The Bertz CT molecular complexity index is 746. The van der Waals surface area contributed by atoms with Crippen LogP contribution in [0.5, 0.6) is 0 Å². The Balaban J connectivity index is 2.77. The minimum atomic E-state index is -1.16. The van der Waals surface area contributed by atoms with Crippen LogP contribution in [0.3, 0.4) is 0 Å². The molecule has 0 aromatic rings. The Morgan fingerprint density at radius 3 is 2.06 bits per heavy atom. The number of nitrogens with zero attached hydrogens (tertiary/aromatic N) is 1. The van der Waals surface area contributed by atoms with Crippen LogP contribution in [0.15, 0.2) is 0 Å². The van der Waals surface area contributed by atoms with E-state index in [1.54, 1.807) is 48.5 Å². The SMILES string of the molecule is CC(C)[C@H](NC(=O)CNC(=O)[C@@H]1CCCN1C(=O)[C@@H](NC(=O)OC(C)(C)C)C(C)C)C(=O)O. The first-order valence-electron chi connectivity index (χ1n) is 11.2. The van der Waals surface area contributed by atoms with E-state index in [0.29, 0.717) is 19.4 Å². The third kappa shape index (κ3) is 8.89.